The van der Waals surface area contributed by atoms with E-state index < -0.39 is 0 Å². The Hall–Kier alpha value is -0.830. The molecule has 0 aliphatic carbocycles. The Bertz CT molecular complexity index is 274. The van der Waals surface area contributed by atoms with Gasteiger partial charge in [-0.1, -0.05) is 0 Å². The first-order chi connectivity index (χ1) is 6.27. The molecule has 0 unspecified atom stereocenters. The molecule has 13 heavy (non-hydrogen) atoms. The average molecular weight is 198 g/mol. The lowest BCUT2D eigenvalue weighted by molar-refractivity contribution is 0.323. The molecule has 0 saturated heterocycles. The highest BCUT2D eigenvalue weighted by Gasteiger charge is 2.00. The molecule has 1 aromatic carbocycles. The largest absolute Gasteiger partial charge is 0.494 e. The molecule has 0 N–H and O–H groups in total. The molecule has 0 radical (unpaired) electrons. The van der Waals surface area contributed by atoms with Crippen molar-refractivity contribution < 1.29 is 9.47 Å². The predicted octanol–water partition coefficient (Wildman–Crippen LogP) is 2.77. The fourth-order valence-electron chi connectivity index (χ4n) is 1.03. The van der Waals surface area contributed by atoms with E-state index in [2.05, 4.69) is 12.6 Å². The Labute approximate surface area is 84.3 Å². The number of benzene rings is 1. The van der Waals surface area contributed by atoms with E-state index in [4.69, 9.17) is 9.47 Å². The van der Waals surface area contributed by atoms with Crippen LogP contribution in [0, 0.1) is 0 Å². The van der Waals surface area contributed by atoms with Gasteiger partial charge in [-0.2, -0.15) is 0 Å². The van der Waals surface area contributed by atoms with E-state index >= 15 is 0 Å². The topological polar surface area (TPSA) is 18.5 Å². The van der Waals surface area contributed by atoms with Gasteiger partial charge in [-0.15, -0.1) is 12.6 Å². The molecule has 0 aliphatic rings. The lowest BCUT2D eigenvalue weighted by Gasteiger charge is -2.08. The van der Waals surface area contributed by atoms with Gasteiger partial charge in [-0.05, 0) is 32.0 Å². The van der Waals surface area contributed by atoms with Crippen molar-refractivity contribution in [2.24, 2.45) is 0 Å². The van der Waals surface area contributed by atoms with Crippen molar-refractivity contribution in [3.8, 4) is 11.5 Å². The molecule has 0 bridgehead atoms. The van der Waals surface area contributed by atoms with Gasteiger partial charge in [0.1, 0.15) is 11.5 Å². The summed E-state index contributed by atoms with van der Waals surface area (Å²) in [7, 11) is 0. The molecule has 72 valence electrons. The third-order valence-electron chi connectivity index (χ3n) is 1.54. The van der Waals surface area contributed by atoms with Gasteiger partial charge in [0.05, 0.1) is 13.2 Å². The maximum absolute atomic E-state index is 5.34. The van der Waals surface area contributed by atoms with E-state index in [1.165, 1.54) is 0 Å². The number of thiol groups is 1. The Morgan fingerprint density at radius 2 is 1.85 bits per heavy atom. The van der Waals surface area contributed by atoms with Crippen molar-refractivity contribution in [2.75, 3.05) is 13.2 Å². The van der Waals surface area contributed by atoms with E-state index in [1.807, 2.05) is 32.0 Å². The fraction of sp³-hybridized carbons (Fsp3) is 0.400. The summed E-state index contributed by atoms with van der Waals surface area (Å²) >= 11 is 4.29. The standard InChI is InChI=1S/C10H14O2S/c1-3-11-8-5-6-9(12-4-2)10(13)7-8/h5-7,13H,3-4H2,1-2H3. The van der Waals surface area contributed by atoms with Gasteiger partial charge in [-0.3, -0.25) is 0 Å². The molecule has 0 fully saturated rings. The third kappa shape index (κ3) is 2.84. The maximum atomic E-state index is 5.34. The van der Waals surface area contributed by atoms with E-state index in [0.29, 0.717) is 13.2 Å². The molecule has 1 rings (SSSR count). The lowest BCUT2D eigenvalue weighted by Crippen LogP contribution is -1.94. The van der Waals surface area contributed by atoms with Crippen LogP contribution in [0.1, 0.15) is 13.8 Å². The van der Waals surface area contributed by atoms with Gasteiger partial charge >= 0.3 is 0 Å². The second-order valence-corrected chi connectivity index (χ2v) is 2.98. The van der Waals surface area contributed by atoms with Gasteiger partial charge in [0.25, 0.3) is 0 Å². The predicted molar refractivity (Wildman–Crippen MR) is 56.0 cm³/mol. The van der Waals surface area contributed by atoms with Crippen LogP contribution in [0.15, 0.2) is 23.1 Å². The monoisotopic (exact) mass is 198 g/mol. The fourth-order valence-corrected chi connectivity index (χ4v) is 1.30. The van der Waals surface area contributed by atoms with Crippen LogP contribution in [-0.2, 0) is 0 Å². The molecule has 0 atom stereocenters. The molecule has 0 aliphatic heterocycles. The Morgan fingerprint density at radius 3 is 2.38 bits per heavy atom. The molecule has 0 amide bonds. The summed E-state index contributed by atoms with van der Waals surface area (Å²) in [5, 5.41) is 0. The van der Waals surface area contributed by atoms with Crippen LogP contribution in [0.5, 0.6) is 11.5 Å². The lowest BCUT2D eigenvalue weighted by atomic mass is 10.3. The highest BCUT2D eigenvalue weighted by molar-refractivity contribution is 7.80. The van der Waals surface area contributed by atoms with Crippen LogP contribution in [0.4, 0.5) is 0 Å². The SMILES string of the molecule is CCOc1ccc(OCC)c(S)c1. The zero-order valence-electron chi connectivity index (χ0n) is 7.91. The number of hydrogen-bond acceptors (Lipinski definition) is 3. The molecule has 0 heterocycles. The summed E-state index contributed by atoms with van der Waals surface area (Å²) in [6.45, 7) is 5.22. The molecule has 3 heteroatoms. The second-order valence-electron chi connectivity index (χ2n) is 2.50. The molecule has 0 spiro atoms. The smallest absolute Gasteiger partial charge is 0.132 e. The van der Waals surface area contributed by atoms with Gasteiger partial charge in [0, 0.05) is 4.90 Å². The van der Waals surface area contributed by atoms with Crippen LogP contribution in [0.25, 0.3) is 0 Å². The van der Waals surface area contributed by atoms with Gasteiger partial charge < -0.3 is 9.47 Å². The minimum absolute atomic E-state index is 0.654. The molecule has 1 aromatic rings. The van der Waals surface area contributed by atoms with Crippen LogP contribution in [0.3, 0.4) is 0 Å². The summed E-state index contributed by atoms with van der Waals surface area (Å²) in [5.41, 5.74) is 0. The Kier molecular flexibility index (Phi) is 3.96. The summed E-state index contributed by atoms with van der Waals surface area (Å²) in [6, 6.07) is 5.61. The Morgan fingerprint density at radius 1 is 1.15 bits per heavy atom. The average Bonchev–Trinajstić information content (AvgIpc) is 2.10. The summed E-state index contributed by atoms with van der Waals surface area (Å²) in [4.78, 5) is 0.813. The molecule has 0 aromatic heterocycles. The normalized spacial score (nSPS) is 9.77. The van der Waals surface area contributed by atoms with Crippen molar-refractivity contribution in [2.45, 2.75) is 18.7 Å². The van der Waals surface area contributed by atoms with E-state index in [9.17, 15) is 0 Å². The summed E-state index contributed by atoms with van der Waals surface area (Å²) in [5.74, 6) is 1.63. The van der Waals surface area contributed by atoms with Crippen molar-refractivity contribution in [1.82, 2.24) is 0 Å². The van der Waals surface area contributed by atoms with Crippen LogP contribution < -0.4 is 9.47 Å². The van der Waals surface area contributed by atoms with Gasteiger partial charge in [-0.25, -0.2) is 0 Å². The summed E-state index contributed by atoms with van der Waals surface area (Å²) in [6.07, 6.45) is 0. The zero-order chi connectivity index (χ0) is 9.68. The minimum Gasteiger partial charge on any atom is -0.494 e. The first kappa shape index (κ1) is 10.3. The van der Waals surface area contributed by atoms with Gasteiger partial charge in [0.2, 0.25) is 0 Å². The molecular formula is C10H14O2S. The highest BCUT2D eigenvalue weighted by Crippen LogP contribution is 2.27. The zero-order valence-corrected chi connectivity index (χ0v) is 8.80. The van der Waals surface area contributed by atoms with Crippen LogP contribution >= 0.6 is 12.6 Å². The third-order valence-corrected chi connectivity index (χ3v) is 1.89. The molecular weight excluding hydrogens is 184 g/mol. The molecule has 2 nitrogen and oxygen atoms in total. The highest BCUT2D eigenvalue weighted by atomic mass is 32.1. The van der Waals surface area contributed by atoms with Crippen molar-refractivity contribution in [3.63, 3.8) is 0 Å². The number of ether oxygens (including phenoxy) is 2. The first-order valence-electron chi connectivity index (χ1n) is 4.36. The van der Waals surface area contributed by atoms with E-state index in [1.54, 1.807) is 0 Å². The minimum atomic E-state index is 0.654. The van der Waals surface area contributed by atoms with E-state index in [0.717, 1.165) is 16.4 Å². The Balaban J connectivity index is 2.79. The van der Waals surface area contributed by atoms with Crippen molar-refractivity contribution in [1.29, 1.82) is 0 Å². The number of rotatable bonds is 4. The second kappa shape index (κ2) is 5.02. The quantitative estimate of drug-likeness (QED) is 0.750. The maximum Gasteiger partial charge on any atom is 0.132 e. The number of hydrogen-bond donors (Lipinski definition) is 1. The van der Waals surface area contributed by atoms with Crippen LogP contribution in [-0.4, -0.2) is 13.2 Å². The van der Waals surface area contributed by atoms with Crippen LogP contribution in [0.2, 0.25) is 0 Å². The summed E-state index contributed by atoms with van der Waals surface area (Å²) < 4.78 is 10.7. The first-order valence-corrected chi connectivity index (χ1v) is 4.81. The van der Waals surface area contributed by atoms with Crippen molar-refractivity contribution in [3.05, 3.63) is 18.2 Å². The van der Waals surface area contributed by atoms with E-state index in [-0.39, 0.29) is 0 Å². The van der Waals surface area contributed by atoms with Gasteiger partial charge in [0.15, 0.2) is 0 Å². The van der Waals surface area contributed by atoms with Crippen molar-refractivity contribution >= 4 is 12.6 Å². The molecule has 0 saturated carbocycles.